The van der Waals surface area contributed by atoms with Crippen molar-refractivity contribution < 1.29 is 24.5 Å². The molecule has 2 aliphatic rings. The summed E-state index contributed by atoms with van der Waals surface area (Å²) in [4.78, 5) is 14.0. The van der Waals surface area contributed by atoms with E-state index in [1.807, 2.05) is 0 Å². The number of aliphatic hydroxyl groups excluding tert-OH is 2. The number of likely N-dealkylation sites (N-methyl/N-ethyl adjacent to an activating group) is 1. The number of ether oxygens (including phenoxy) is 2. The Morgan fingerprint density at radius 2 is 1.38 bits per heavy atom. The highest BCUT2D eigenvalue weighted by molar-refractivity contribution is 5.76. The quantitative estimate of drug-likeness (QED) is 0.400. The van der Waals surface area contributed by atoms with Gasteiger partial charge in [0, 0.05) is 13.5 Å². The van der Waals surface area contributed by atoms with E-state index in [-0.39, 0.29) is 12.5 Å². The van der Waals surface area contributed by atoms with Crippen LogP contribution >= 0.6 is 0 Å². The van der Waals surface area contributed by atoms with Crippen LogP contribution in [0.2, 0.25) is 0 Å². The van der Waals surface area contributed by atoms with Crippen molar-refractivity contribution in [3.63, 3.8) is 0 Å². The van der Waals surface area contributed by atoms with Crippen LogP contribution in [0.25, 0.3) is 0 Å². The summed E-state index contributed by atoms with van der Waals surface area (Å²) in [7, 11) is 1.66. The van der Waals surface area contributed by atoms with Gasteiger partial charge in [-0.2, -0.15) is 0 Å². The summed E-state index contributed by atoms with van der Waals surface area (Å²) in [6.07, 6.45) is 13.9. The van der Waals surface area contributed by atoms with E-state index in [2.05, 4.69) is 6.92 Å². The topological polar surface area (TPSA) is 79.2 Å². The lowest BCUT2D eigenvalue weighted by Crippen LogP contribution is -2.60. The normalized spacial score (nSPS) is 28.6. The average molecular weight is 414 g/mol. The Morgan fingerprint density at radius 1 is 0.862 bits per heavy atom. The van der Waals surface area contributed by atoms with Gasteiger partial charge in [-0.15, -0.1) is 0 Å². The van der Waals surface area contributed by atoms with Crippen molar-refractivity contribution in [3.8, 4) is 0 Å². The Morgan fingerprint density at radius 3 is 1.93 bits per heavy atom. The van der Waals surface area contributed by atoms with E-state index in [4.69, 9.17) is 9.47 Å². The van der Waals surface area contributed by atoms with Gasteiger partial charge in [0.2, 0.25) is 5.91 Å². The Bertz CT molecular complexity index is 461. The molecule has 6 nitrogen and oxygen atoms in total. The molecule has 6 heteroatoms. The smallest absolute Gasteiger partial charge is 0.222 e. The molecule has 2 rings (SSSR count). The zero-order valence-corrected chi connectivity index (χ0v) is 18.6. The number of fused-ring (bicyclic) bond motifs is 2. The second-order valence-electron chi connectivity index (χ2n) is 8.85. The van der Waals surface area contributed by atoms with Crippen LogP contribution in [-0.2, 0) is 14.3 Å². The molecule has 29 heavy (non-hydrogen) atoms. The van der Waals surface area contributed by atoms with E-state index in [9.17, 15) is 15.0 Å². The number of hydrogen-bond acceptors (Lipinski definition) is 5. The van der Waals surface area contributed by atoms with E-state index in [0.717, 1.165) is 12.8 Å². The van der Waals surface area contributed by atoms with Crippen LogP contribution in [0.1, 0.15) is 96.8 Å². The molecule has 2 saturated heterocycles. The van der Waals surface area contributed by atoms with E-state index in [0.29, 0.717) is 6.42 Å². The van der Waals surface area contributed by atoms with Crippen LogP contribution in [-0.4, -0.2) is 65.3 Å². The summed E-state index contributed by atoms with van der Waals surface area (Å²) in [5.74, 6) is -0.0260. The first-order valence-electron chi connectivity index (χ1n) is 11.9. The number of aliphatic hydroxyl groups is 2. The summed E-state index contributed by atoms with van der Waals surface area (Å²) in [5.41, 5.74) is 0. The van der Waals surface area contributed by atoms with Crippen LogP contribution in [0.15, 0.2) is 0 Å². The third-order valence-electron chi connectivity index (χ3n) is 6.43. The Labute approximate surface area is 176 Å². The third-order valence-corrected chi connectivity index (χ3v) is 6.43. The number of amides is 1. The first-order chi connectivity index (χ1) is 14.1. The molecule has 0 saturated carbocycles. The van der Waals surface area contributed by atoms with Gasteiger partial charge in [-0.25, -0.2) is 0 Å². The van der Waals surface area contributed by atoms with Gasteiger partial charge in [0.15, 0.2) is 6.29 Å². The molecule has 2 heterocycles. The lowest BCUT2D eigenvalue weighted by atomic mass is 9.97. The molecule has 0 aromatic carbocycles. The van der Waals surface area contributed by atoms with Crippen molar-refractivity contribution in [1.82, 2.24) is 4.90 Å². The fraction of sp³-hybridized carbons (Fsp3) is 0.957. The predicted molar refractivity (Wildman–Crippen MR) is 113 cm³/mol. The van der Waals surface area contributed by atoms with Crippen molar-refractivity contribution in [1.29, 1.82) is 0 Å². The van der Waals surface area contributed by atoms with Crippen LogP contribution in [0.5, 0.6) is 0 Å². The molecule has 0 spiro atoms. The molecule has 2 fully saturated rings. The lowest BCUT2D eigenvalue weighted by molar-refractivity contribution is -0.209. The molecule has 0 radical (unpaired) electrons. The van der Waals surface area contributed by atoms with Crippen LogP contribution in [0, 0.1) is 0 Å². The van der Waals surface area contributed by atoms with E-state index in [1.54, 1.807) is 7.05 Å². The van der Waals surface area contributed by atoms with Crippen molar-refractivity contribution >= 4 is 5.91 Å². The highest BCUT2D eigenvalue weighted by atomic mass is 16.7. The fourth-order valence-corrected chi connectivity index (χ4v) is 4.43. The maximum atomic E-state index is 12.5. The summed E-state index contributed by atoms with van der Waals surface area (Å²) in [6.45, 7) is 2.52. The van der Waals surface area contributed by atoms with Gasteiger partial charge in [0.05, 0.1) is 6.61 Å². The molecule has 5 atom stereocenters. The van der Waals surface area contributed by atoms with Crippen molar-refractivity contribution in [2.45, 2.75) is 127 Å². The molecule has 2 aliphatic heterocycles. The summed E-state index contributed by atoms with van der Waals surface area (Å²) < 4.78 is 11.0. The number of hydrogen-bond donors (Lipinski definition) is 2. The second kappa shape index (κ2) is 13.6. The molecule has 2 N–H and O–H groups in total. The predicted octanol–water partition coefficient (Wildman–Crippen LogP) is 3.77. The summed E-state index contributed by atoms with van der Waals surface area (Å²) in [6, 6.07) is -0.641. The number of carbonyl (C=O) groups excluding carboxylic acids is 1. The van der Waals surface area contributed by atoms with E-state index in [1.165, 1.54) is 75.5 Å². The van der Waals surface area contributed by atoms with Crippen LogP contribution in [0.3, 0.4) is 0 Å². The minimum Gasteiger partial charge on any atom is -0.388 e. The first kappa shape index (κ1) is 24.6. The maximum absolute atomic E-state index is 12.5. The highest BCUT2D eigenvalue weighted by Crippen LogP contribution is 2.31. The highest BCUT2D eigenvalue weighted by Gasteiger charge is 2.51. The zero-order chi connectivity index (χ0) is 21.1. The van der Waals surface area contributed by atoms with E-state index < -0.39 is 30.6 Å². The summed E-state index contributed by atoms with van der Waals surface area (Å²) in [5, 5.41) is 20.4. The Kier molecular flexibility index (Phi) is 11.5. The average Bonchev–Trinajstić information content (AvgIpc) is 3.15. The first-order valence-corrected chi connectivity index (χ1v) is 11.9. The molecule has 0 aromatic rings. The van der Waals surface area contributed by atoms with Crippen molar-refractivity contribution in [3.05, 3.63) is 0 Å². The molecule has 1 amide bonds. The maximum Gasteiger partial charge on any atom is 0.222 e. The van der Waals surface area contributed by atoms with Gasteiger partial charge >= 0.3 is 0 Å². The van der Waals surface area contributed by atoms with Crippen molar-refractivity contribution in [2.24, 2.45) is 0 Å². The van der Waals surface area contributed by atoms with Crippen LogP contribution in [0.4, 0.5) is 0 Å². The number of carbonyl (C=O) groups is 1. The standard InChI is InChI=1S/C23H43NO5/c1-3-4-5-6-7-8-9-10-11-12-13-14-15-16-19(25)24(2)20-22(27)21(26)18-17-28-23(20)29-18/h18,20-23,26-27H,3-17H2,1-2H3/t18-,20-,21-,22-,23-/m1/s1. The largest absolute Gasteiger partial charge is 0.388 e. The van der Waals surface area contributed by atoms with Gasteiger partial charge in [0.25, 0.3) is 0 Å². The second-order valence-corrected chi connectivity index (χ2v) is 8.85. The fourth-order valence-electron chi connectivity index (χ4n) is 4.43. The minimum absolute atomic E-state index is 0.0260. The van der Waals surface area contributed by atoms with Crippen molar-refractivity contribution in [2.75, 3.05) is 13.7 Å². The number of nitrogens with zero attached hydrogens (tertiary/aromatic N) is 1. The molecular formula is C23H43NO5. The van der Waals surface area contributed by atoms with E-state index >= 15 is 0 Å². The monoisotopic (exact) mass is 413 g/mol. The van der Waals surface area contributed by atoms with Gasteiger partial charge in [-0.05, 0) is 6.42 Å². The van der Waals surface area contributed by atoms with Gasteiger partial charge in [-0.1, -0.05) is 84.0 Å². The molecule has 0 unspecified atom stereocenters. The molecule has 2 bridgehead atoms. The number of rotatable bonds is 15. The van der Waals surface area contributed by atoms with Gasteiger partial charge in [0.1, 0.15) is 24.4 Å². The molecular weight excluding hydrogens is 370 g/mol. The van der Waals surface area contributed by atoms with Gasteiger partial charge in [-0.3, -0.25) is 4.79 Å². The molecule has 0 aromatic heterocycles. The SMILES string of the molecule is CCCCCCCCCCCCCCCC(=O)N(C)[C@H]1[C@@H]2OC[C@@H](O2)[C@@H](O)[C@@H]1O. The van der Waals surface area contributed by atoms with Crippen LogP contribution < -0.4 is 0 Å². The summed E-state index contributed by atoms with van der Waals surface area (Å²) >= 11 is 0. The molecule has 170 valence electrons. The third kappa shape index (κ3) is 7.82. The number of unbranched alkanes of at least 4 members (excludes halogenated alkanes) is 12. The Hall–Kier alpha value is -0.690. The molecule has 0 aliphatic carbocycles. The minimum atomic E-state index is -1.03. The zero-order valence-electron chi connectivity index (χ0n) is 18.6. The van der Waals surface area contributed by atoms with Gasteiger partial charge < -0.3 is 24.6 Å². The Balaban J connectivity index is 1.47. The lowest BCUT2D eigenvalue weighted by Gasteiger charge is -2.40.